The maximum absolute atomic E-state index is 13.2. The van der Waals surface area contributed by atoms with E-state index >= 15 is 0 Å². The average Bonchev–Trinajstić information content (AvgIpc) is 2.85. The van der Waals surface area contributed by atoms with Crippen LogP contribution in [-0.4, -0.2) is 51.3 Å². The second-order valence-corrected chi connectivity index (χ2v) is 7.42. The van der Waals surface area contributed by atoms with Gasteiger partial charge in [0.2, 0.25) is 5.96 Å². The van der Waals surface area contributed by atoms with E-state index in [0.717, 1.165) is 16.8 Å². The van der Waals surface area contributed by atoms with Crippen LogP contribution in [0.2, 0.25) is 0 Å². The molecule has 1 aliphatic heterocycles. The fourth-order valence-corrected chi connectivity index (χ4v) is 3.77. The molecular formula is C24H23N7O. The number of rotatable bonds is 3. The maximum atomic E-state index is 13.2. The molecule has 1 N–H and O–H groups in total. The molecule has 0 spiro atoms. The number of carbonyl (C=O) groups is 1. The van der Waals surface area contributed by atoms with Gasteiger partial charge in [0.15, 0.2) is 6.19 Å². The van der Waals surface area contributed by atoms with E-state index in [1.54, 1.807) is 6.20 Å². The van der Waals surface area contributed by atoms with Crippen LogP contribution in [0.25, 0.3) is 0 Å². The first-order valence-electron chi connectivity index (χ1n) is 10.3. The minimum absolute atomic E-state index is 0.169. The van der Waals surface area contributed by atoms with Crippen molar-refractivity contribution in [3.05, 3.63) is 90.0 Å². The van der Waals surface area contributed by atoms with E-state index in [1.807, 2.05) is 77.5 Å². The lowest BCUT2D eigenvalue weighted by Crippen LogP contribution is -2.54. The molecule has 2 heterocycles. The quantitative estimate of drug-likeness (QED) is 0.300. The Morgan fingerprint density at radius 3 is 2.62 bits per heavy atom. The first kappa shape index (κ1) is 21.0. The van der Waals surface area contributed by atoms with Gasteiger partial charge in [-0.05, 0) is 24.1 Å². The highest BCUT2D eigenvalue weighted by atomic mass is 16.2. The number of aryl methyl sites for hydroxylation is 1. The number of aliphatic imine (C=N–C) groups is 1. The third-order valence-electron chi connectivity index (χ3n) is 5.42. The number of hydrogen-bond donors (Lipinski definition) is 1. The summed E-state index contributed by atoms with van der Waals surface area (Å²) in [6, 6.07) is 17.4. The average molecular weight is 425 g/mol. The number of amides is 1. The van der Waals surface area contributed by atoms with Gasteiger partial charge in [-0.25, -0.2) is 9.98 Å². The van der Waals surface area contributed by atoms with E-state index in [4.69, 9.17) is 4.99 Å². The highest BCUT2D eigenvalue weighted by molar-refractivity contribution is 5.92. The molecule has 1 atom stereocenters. The number of nitriles is 1. The largest absolute Gasteiger partial charge is 0.338 e. The van der Waals surface area contributed by atoms with Crippen LogP contribution in [0.15, 0.2) is 78.2 Å². The van der Waals surface area contributed by atoms with E-state index in [0.29, 0.717) is 31.3 Å². The van der Waals surface area contributed by atoms with Gasteiger partial charge >= 0.3 is 0 Å². The first-order valence-corrected chi connectivity index (χ1v) is 10.3. The number of benzene rings is 2. The van der Waals surface area contributed by atoms with Gasteiger partial charge < -0.3 is 9.80 Å². The van der Waals surface area contributed by atoms with Crippen molar-refractivity contribution in [2.45, 2.75) is 13.0 Å². The Kier molecular flexibility index (Phi) is 6.37. The van der Waals surface area contributed by atoms with Gasteiger partial charge in [0.25, 0.3) is 5.91 Å². The normalized spacial score (nSPS) is 16.4. The van der Waals surface area contributed by atoms with Crippen LogP contribution >= 0.6 is 0 Å². The molecule has 3 aromatic rings. The number of guanidine groups is 1. The van der Waals surface area contributed by atoms with Crippen molar-refractivity contribution in [3.63, 3.8) is 0 Å². The number of para-hydroxylation sites is 1. The molecule has 160 valence electrons. The number of nitrogens with zero attached hydrogens (tertiary/aromatic N) is 6. The minimum atomic E-state index is -0.234. The van der Waals surface area contributed by atoms with Crippen LogP contribution in [0.5, 0.6) is 0 Å². The zero-order valence-electron chi connectivity index (χ0n) is 17.7. The van der Waals surface area contributed by atoms with Gasteiger partial charge in [-0.15, -0.1) is 0 Å². The lowest BCUT2D eigenvalue weighted by molar-refractivity contribution is 0.0541. The van der Waals surface area contributed by atoms with Crippen LogP contribution in [0.1, 0.15) is 27.7 Å². The number of nitrogens with one attached hydrogen (secondary N) is 1. The summed E-state index contributed by atoms with van der Waals surface area (Å²) in [7, 11) is 0. The predicted octanol–water partition coefficient (Wildman–Crippen LogP) is 3.04. The molecule has 1 unspecified atom stereocenters. The van der Waals surface area contributed by atoms with Crippen molar-refractivity contribution in [1.29, 1.82) is 5.26 Å². The lowest BCUT2D eigenvalue weighted by Gasteiger charge is -2.42. The Labute approximate surface area is 186 Å². The zero-order valence-corrected chi connectivity index (χ0v) is 17.7. The lowest BCUT2D eigenvalue weighted by atomic mass is 10.0. The third-order valence-corrected chi connectivity index (χ3v) is 5.42. The number of hydrogen-bond acceptors (Lipinski definition) is 5. The number of carbonyl (C=O) groups excluding carboxylic acids is 1. The SMILES string of the molecule is Cc1ccccc1N=C(NC#N)N1CCN(C(=O)c2cnccn2)C(c2ccccc2)C1. The molecule has 0 bridgehead atoms. The highest BCUT2D eigenvalue weighted by Gasteiger charge is 2.34. The summed E-state index contributed by atoms with van der Waals surface area (Å²) in [5, 5.41) is 12.1. The van der Waals surface area contributed by atoms with Gasteiger partial charge in [0.05, 0.1) is 17.9 Å². The summed E-state index contributed by atoms with van der Waals surface area (Å²) in [6.45, 7) is 3.44. The van der Waals surface area contributed by atoms with Crippen molar-refractivity contribution >= 4 is 17.6 Å². The monoisotopic (exact) mass is 425 g/mol. The summed E-state index contributed by atoms with van der Waals surface area (Å²) in [6.07, 6.45) is 6.55. The van der Waals surface area contributed by atoms with Gasteiger partial charge in [0, 0.05) is 32.0 Å². The van der Waals surface area contributed by atoms with Gasteiger partial charge in [0.1, 0.15) is 5.69 Å². The molecule has 0 radical (unpaired) electrons. The second-order valence-electron chi connectivity index (χ2n) is 7.42. The molecule has 2 aromatic carbocycles. The summed E-state index contributed by atoms with van der Waals surface area (Å²) in [5.74, 6) is 0.298. The smallest absolute Gasteiger partial charge is 0.274 e. The molecule has 0 aliphatic carbocycles. The third kappa shape index (κ3) is 4.57. The Bertz CT molecular complexity index is 1140. The fourth-order valence-electron chi connectivity index (χ4n) is 3.77. The highest BCUT2D eigenvalue weighted by Crippen LogP contribution is 2.27. The van der Waals surface area contributed by atoms with Gasteiger partial charge in [-0.2, -0.15) is 5.26 Å². The van der Waals surface area contributed by atoms with E-state index in [2.05, 4.69) is 15.3 Å². The van der Waals surface area contributed by atoms with E-state index in [1.165, 1.54) is 12.4 Å². The molecule has 0 saturated carbocycles. The van der Waals surface area contributed by atoms with E-state index in [9.17, 15) is 10.1 Å². The van der Waals surface area contributed by atoms with Crippen LogP contribution < -0.4 is 5.32 Å². The molecule has 1 aromatic heterocycles. The summed E-state index contributed by atoms with van der Waals surface area (Å²) < 4.78 is 0. The van der Waals surface area contributed by atoms with Crippen molar-refractivity contribution < 1.29 is 4.79 Å². The number of aromatic nitrogens is 2. The van der Waals surface area contributed by atoms with Crippen molar-refractivity contribution in [2.24, 2.45) is 4.99 Å². The molecule has 1 aliphatic rings. The number of piperazine rings is 1. The molecular weight excluding hydrogens is 402 g/mol. The van der Waals surface area contributed by atoms with Crippen molar-refractivity contribution in [1.82, 2.24) is 25.1 Å². The first-order chi connectivity index (χ1) is 15.7. The molecule has 1 amide bonds. The Balaban J connectivity index is 1.66. The molecule has 4 rings (SSSR count). The van der Waals surface area contributed by atoms with E-state index < -0.39 is 0 Å². The maximum Gasteiger partial charge on any atom is 0.274 e. The topological polar surface area (TPSA) is 97.5 Å². The standard InChI is InChI=1S/C24H23N7O/c1-18-7-5-6-10-20(18)29-24(28-17-25)30-13-14-31(23(32)21-15-26-11-12-27-21)22(16-30)19-8-3-2-4-9-19/h2-12,15,22H,13-14,16H2,1H3,(H,28,29). The molecule has 1 fully saturated rings. The van der Waals surface area contributed by atoms with Crippen LogP contribution in [-0.2, 0) is 0 Å². The molecule has 1 saturated heterocycles. The molecule has 32 heavy (non-hydrogen) atoms. The molecule has 8 nitrogen and oxygen atoms in total. The Morgan fingerprint density at radius 2 is 1.91 bits per heavy atom. The van der Waals surface area contributed by atoms with Crippen LogP contribution in [0.4, 0.5) is 5.69 Å². The van der Waals surface area contributed by atoms with Gasteiger partial charge in [-0.3, -0.25) is 15.1 Å². The Hall–Kier alpha value is -4.25. The predicted molar refractivity (Wildman–Crippen MR) is 121 cm³/mol. The summed E-state index contributed by atoms with van der Waals surface area (Å²) in [5.41, 5.74) is 3.12. The van der Waals surface area contributed by atoms with E-state index in [-0.39, 0.29) is 11.9 Å². The Morgan fingerprint density at radius 1 is 1.12 bits per heavy atom. The zero-order chi connectivity index (χ0) is 22.3. The van der Waals surface area contributed by atoms with Crippen molar-refractivity contribution in [2.75, 3.05) is 19.6 Å². The van der Waals surface area contributed by atoms with Crippen molar-refractivity contribution in [3.8, 4) is 6.19 Å². The summed E-state index contributed by atoms with van der Waals surface area (Å²) >= 11 is 0. The van der Waals surface area contributed by atoms with Gasteiger partial charge in [-0.1, -0.05) is 48.5 Å². The second kappa shape index (κ2) is 9.71. The fraction of sp³-hybridized carbons (Fsp3) is 0.208. The minimum Gasteiger partial charge on any atom is -0.338 e. The van der Waals surface area contributed by atoms with Crippen LogP contribution in [0, 0.1) is 18.4 Å². The summed E-state index contributed by atoms with van der Waals surface area (Å²) in [4.78, 5) is 30.0. The molecule has 8 heteroatoms. The van der Waals surface area contributed by atoms with Crippen LogP contribution in [0.3, 0.4) is 0 Å².